The Kier molecular flexibility index (Phi) is 6.92. The zero-order valence-corrected chi connectivity index (χ0v) is 17.8. The zero-order chi connectivity index (χ0) is 20.9. The fourth-order valence-electron chi connectivity index (χ4n) is 3.57. The van der Waals surface area contributed by atoms with E-state index in [1.54, 1.807) is 26.0 Å². The molecule has 0 aliphatic heterocycles. The van der Waals surface area contributed by atoms with Crippen molar-refractivity contribution in [1.29, 1.82) is 0 Å². The maximum absolute atomic E-state index is 12.5. The van der Waals surface area contributed by atoms with Crippen LogP contribution in [0.3, 0.4) is 0 Å². The zero-order valence-electron chi connectivity index (χ0n) is 17.0. The van der Waals surface area contributed by atoms with Gasteiger partial charge in [-0.15, -0.1) is 0 Å². The largest absolute Gasteiger partial charge is 0.484 e. The third-order valence-electron chi connectivity index (χ3n) is 5.17. The molecule has 0 fully saturated rings. The molecule has 0 bridgehead atoms. The standard InChI is InChI=1S/C22H28N2O4S/c1-3-24(4-2)29(26,27)21-13-10-19(11-14-21)23-22(25)16-28-20-12-9-17-7-5-6-8-18(17)15-20/h9-15H,3-8,16H2,1-2H3,(H,23,25). The van der Waals surface area contributed by atoms with Crippen molar-refractivity contribution in [1.82, 2.24) is 4.31 Å². The van der Waals surface area contributed by atoms with Crippen LogP contribution in [0.1, 0.15) is 37.8 Å². The molecule has 156 valence electrons. The molecule has 3 rings (SSSR count). The molecule has 1 aliphatic rings. The number of hydrogen-bond acceptors (Lipinski definition) is 4. The second-order valence-corrected chi connectivity index (χ2v) is 9.03. The average Bonchev–Trinajstić information content (AvgIpc) is 2.73. The van der Waals surface area contributed by atoms with Crippen LogP contribution in [-0.4, -0.2) is 38.3 Å². The van der Waals surface area contributed by atoms with Crippen molar-refractivity contribution < 1.29 is 17.9 Å². The summed E-state index contributed by atoms with van der Waals surface area (Å²) in [6.45, 7) is 4.34. The highest BCUT2D eigenvalue weighted by atomic mass is 32.2. The minimum absolute atomic E-state index is 0.0989. The highest BCUT2D eigenvalue weighted by Crippen LogP contribution is 2.25. The Morgan fingerprint density at radius 3 is 2.31 bits per heavy atom. The Morgan fingerprint density at radius 2 is 1.66 bits per heavy atom. The number of ether oxygens (including phenoxy) is 1. The molecule has 2 aromatic carbocycles. The number of amides is 1. The second-order valence-electron chi connectivity index (χ2n) is 7.09. The van der Waals surface area contributed by atoms with Gasteiger partial charge in [0.05, 0.1) is 4.90 Å². The van der Waals surface area contributed by atoms with Gasteiger partial charge in [-0.25, -0.2) is 8.42 Å². The molecule has 1 aliphatic carbocycles. The van der Waals surface area contributed by atoms with Gasteiger partial charge in [0.2, 0.25) is 10.0 Å². The Balaban J connectivity index is 1.57. The number of hydrogen-bond donors (Lipinski definition) is 1. The molecule has 29 heavy (non-hydrogen) atoms. The Morgan fingerprint density at radius 1 is 1.00 bits per heavy atom. The van der Waals surface area contributed by atoms with Gasteiger partial charge in [0.1, 0.15) is 5.75 Å². The summed E-state index contributed by atoms with van der Waals surface area (Å²) in [6.07, 6.45) is 4.58. The third kappa shape index (κ3) is 5.16. The topological polar surface area (TPSA) is 75.7 Å². The lowest BCUT2D eigenvalue weighted by molar-refractivity contribution is -0.118. The molecule has 6 nitrogen and oxygen atoms in total. The number of aryl methyl sites for hydroxylation is 2. The van der Waals surface area contributed by atoms with Gasteiger partial charge in [0, 0.05) is 18.8 Å². The van der Waals surface area contributed by atoms with Gasteiger partial charge < -0.3 is 10.1 Å². The lowest BCUT2D eigenvalue weighted by atomic mass is 9.92. The van der Waals surface area contributed by atoms with Crippen LogP contribution in [0.25, 0.3) is 0 Å². The summed E-state index contributed by atoms with van der Waals surface area (Å²) in [7, 11) is -3.50. The van der Waals surface area contributed by atoms with Crippen LogP contribution in [0.15, 0.2) is 47.4 Å². The van der Waals surface area contributed by atoms with Crippen LogP contribution in [0.2, 0.25) is 0 Å². The number of nitrogens with zero attached hydrogens (tertiary/aromatic N) is 1. The summed E-state index contributed by atoms with van der Waals surface area (Å²) in [5.74, 6) is 0.406. The molecule has 2 aromatic rings. The summed E-state index contributed by atoms with van der Waals surface area (Å²) >= 11 is 0. The quantitative estimate of drug-likeness (QED) is 0.713. The van der Waals surface area contributed by atoms with E-state index in [1.807, 2.05) is 12.1 Å². The van der Waals surface area contributed by atoms with E-state index in [1.165, 1.54) is 40.4 Å². The van der Waals surface area contributed by atoms with E-state index in [9.17, 15) is 13.2 Å². The van der Waals surface area contributed by atoms with Gasteiger partial charge in [-0.3, -0.25) is 4.79 Å². The van der Waals surface area contributed by atoms with E-state index in [0.29, 0.717) is 24.5 Å². The number of anilines is 1. The molecule has 0 saturated heterocycles. The van der Waals surface area contributed by atoms with Gasteiger partial charge in [0.25, 0.3) is 5.91 Å². The van der Waals surface area contributed by atoms with E-state index in [4.69, 9.17) is 4.74 Å². The first-order chi connectivity index (χ1) is 13.9. The van der Waals surface area contributed by atoms with Gasteiger partial charge in [0.15, 0.2) is 6.61 Å². The smallest absolute Gasteiger partial charge is 0.262 e. The van der Waals surface area contributed by atoms with Crippen molar-refractivity contribution in [3.05, 3.63) is 53.6 Å². The van der Waals surface area contributed by atoms with E-state index in [-0.39, 0.29) is 17.4 Å². The van der Waals surface area contributed by atoms with Gasteiger partial charge in [-0.05, 0) is 73.2 Å². The van der Waals surface area contributed by atoms with Gasteiger partial charge in [-0.1, -0.05) is 19.9 Å². The number of rotatable bonds is 8. The summed E-state index contributed by atoms with van der Waals surface area (Å²) < 4.78 is 32.0. The van der Waals surface area contributed by atoms with Crippen LogP contribution < -0.4 is 10.1 Å². The van der Waals surface area contributed by atoms with Crippen LogP contribution in [0.5, 0.6) is 5.75 Å². The van der Waals surface area contributed by atoms with Crippen molar-refractivity contribution in [2.45, 2.75) is 44.4 Å². The molecular weight excluding hydrogens is 388 g/mol. The first-order valence-electron chi connectivity index (χ1n) is 10.1. The number of carbonyl (C=O) groups excluding carboxylic acids is 1. The lowest BCUT2D eigenvalue weighted by Gasteiger charge is -2.18. The predicted octanol–water partition coefficient (Wildman–Crippen LogP) is 3.61. The lowest BCUT2D eigenvalue weighted by Crippen LogP contribution is -2.30. The Labute approximate surface area is 172 Å². The second kappa shape index (κ2) is 9.41. The van der Waals surface area contributed by atoms with Crippen molar-refractivity contribution in [2.75, 3.05) is 25.0 Å². The van der Waals surface area contributed by atoms with Crippen molar-refractivity contribution in [2.24, 2.45) is 0 Å². The highest BCUT2D eigenvalue weighted by molar-refractivity contribution is 7.89. The fraction of sp³-hybridized carbons (Fsp3) is 0.409. The summed E-state index contributed by atoms with van der Waals surface area (Å²) in [5.41, 5.74) is 3.20. The van der Waals surface area contributed by atoms with E-state index < -0.39 is 10.0 Å². The van der Waals surface area contributed by atoms with Crippen LogP contribution >= 0.6 is 0 Å². The number of benzene rings is 2. The predicted molar refractivity (Wildman–Crippen MR) is 114 cm³/mol. The SMILES string of the molecule is CCN(CC)S(=O)(=O)c1ccc(NC(=O)COc2ccc3c(c2)CCCC3)cc1. The van der Waals surface area contributed by atoms with Gasteiger partial charge in [-0.2, -0.15) is 4.31 Å². The molecule has 0 radical (unpaired) electrons. The van der Waals surface area contributed by atoms with E-state index in [0.717, 1.165) is 12.8 Å². The summed E-state index contributed by atoms with van der Waals surface area (Å²) in [6, 6.07) is 12.2. The highest BCUT2D eigenvalue weighted by Gasteiger charge is 2.21. The normalized spacial score (nSPS) is 13.8. The maximum Gasteiger partial charge on any atom is 0.262 e. The van der Waals surface area contributed by atoms with Crippen molar-refractivity contribution >= 4 is 21.6 Å². The molecule has 0 heterocycles. The molecule has 1 amide bonds. The molecule has 0 saturated carbocycles. The molecular formula is C22H28N2O4S. The first-order valence-corrected chi connectivity index (χ1v) is 11.5. The van der Waals surface area contributed by atoms with Crippen LogP contribution in [0, 0.1) is 0 Å². The number of carbonyl (C=O) groups is 1. The van der Waals surface area contributed by atoms with E-state index >= 15 is 0 Å². The number of nitrogens with one attached hydrogen (secondary N) is 1. The molecule has 0 atom stereocenters. The molecule has 0 spiro atoms. The molecule has 7 heteroatoms. The fourth-order valence-corrected chi connectivity index (χ4v) is 5.03. The third-order valence-corrected chi connectivity index (χ3v) is 7.24. The number of fused-ring (bicyclic) bond motifs is 1. The number of sulfonamides is 1. The van der Waals surface area contributed by atoms with Crippen LogP contribution in [-0.2, 0) is 27.7 Å². The summed E-state index contributed by atoms with van der Waals surface area (Å²) in [5, 5.41) is 2.74. The van der Waals surface area contributed by atoms with Gasteiger partial charge >= 0.3 is 0 Å². The monoisotopic (exact) mass is 416 g/mol. The Hall–Kier alpha value is -2.38. The maximum atomic E-state index is 12.5. The molecule has 0 unspecified atom stereocenters. The Bertz CT molecular complexity index is 951. The average molecular weight is 417 g/mol. The van der Waals surface area contributed by atoms with Crippen LogP contribution in [0.4, 0.5) is 5.69 Å². The molecule has 0 aromatic heterocycles. The minimum Gasteiger partial charge on any atom is -0.484 e. The minimum atomic E-state index is -3.50. The summed E-state index contributed by atoms with van der Waals surface area (Å²) in [4.78, 5) is 12.4. The molecule has 1 N–H and O–H groups in total. The van der Waals surface area contributed by atoms with Crippen molar-refractivity contribution in [3.8, 4) is 5.75 Å². The first kappa shape index (κ1) is 21.3. The van der Waals surface area contributed by atoms with E-state index in [2.05, 4.69) is 11.4 Å². The van der Waals surface area contributed by atoms with Crippen molar-refractivity contribution in [3.63, 3.8) is 0 Å².